The van der Waals surface area contributed by atoms with Crippen molar-refractivity contribution in [2.24, 2.45) is 0 Å². The number of carbonyl (C=O) groups is 1. The van der Waals surface area contributed by atoms with Gasteiger partial charge in [-0.05, 0) is 49.7 Å². The fraction of sp³-hybridized carbons (Fsp3) is 0.136. The lowest BCUT2D eigenvalue weighted by Crippen LogP contribution is -2.07. The SMILES string of the molecule is CCOC(=O)c1ccn2ncnc(Nc3ccc(Oc4ccn5ncnc5c4)c(C)c3)c12. The number of aryl methyl sites for hydroxylation is 1. The predicted octanol–water partition coefficient (Wildman–Crippen LogP) is 3.79. The third-order valence-electron chi connectivity index (χ3n) is 4.87. The highest BCUT2D eigenvalue weighted by atomic mass is 16.5. The number of hydrogen-bond acceptors (Lipinski definition) is 8. The van der Waals surface area contributed by atoms with Crippen LogP contribution in [0.5, 0.6) is 11.5 Å². The van der Waals surface area contributed by atoms with Gasteiger partial charge in [-0.2, -0.15) is 10.2 Å². The van der Waals surface area contributed by atoms with Crippen LogP contribution in [0.25, 0.3) is 11.2 Å². The van der Waals surface area contributed by atoms with Crippen LogP contribution >= 0.6 is 0 Å². The van der Waals surface area contributed by atoms with Crippen molar-refractivity contribution in [2.45, 2.75) is 13.8 Å². The number of pyridine rings is 1. The first-order valence-electron chi connectivity index (χ1n) is 9.97. The van der Waals surface area contributed by atoms with E-state index in [-0.39, 0.29) is 6.61 Å². The summed E-state index contributed by atoms with van der Waals surface area (Å²) in [4.78, 5) is 20.8. The van der Waals surface area contributed by atoms with Gasteiger partial charge in [0.1, 0.15) is 29.7 Å². The summed E-state index contributed by atoms with van der Waals surface area (Å²) >= 11 is 0. The summed E-state index contributed by atoms with van der Waals surface area (Å²) in [6.45, 7) is 4.01. The molecular formula is C22H19N7O3. The minimum absolute atomic E-state index is 0.289. The Morgan fingerprint density at radius 3 is 2.69 bits per heavy atom. The summed E-state index contributed by atoms with van der Waals surface area (Å²) in [5, 5.41) is 11.5. The van der Waals surface area contributed by atoms with E-state index in [1.807, 2.05) is 37.3 Å². The van der Waals surface area contributed by atoms with Gasteiger partial charge in [0.25, 0.3) is 0 Å². The summed E-state index contributed by atoms with van der Waals surface area (Å²) in [5.74, 6) is 1.46. The molecule has 160 valence electrons. The van der Waals surface area contributed by atoms with Crippen molar-refractivity contribution in [2.75, 3.05) is 11.9 Å². The van der Waals surface area contributed by atoms with E-state index >= 15 is 0 Å². The number of anilines is 2. The van der Waals surface area contributed by atoms with Gasteiger partial charge in [0.05, 0.1) is 12.2 Å². The average molecular weight is 429 g/mol. The summed E-state index contributed by atoms with van der Waals surface area (Å²) in [5.41, 5.74) is 3.36. The van der Waals surface area contributed by atoms with Crippen LogP contribution in [-0.4, -0.2) is 41.8 Å². The van der Waals surface area contributed by atoms with Crippen molar-refractivity contribution < 1.29 is 14.3 Å². The quantitative estimate of drug-likeness (QED) is 0.406. The van der Waals surface area contributed by atoms with Gasteiger partial charge in [-0.15, -0.1) is 0 Å². The number of fused-ring (bicyclic) bond motifs is 2. The van der Waals surface area contributed by atoms with Crippen molar-refractivity contribution in [3.05, 3.63) is 72.6 Å². The Bertz CT molecular complexity index is 1440. The first-order valence-corrected chi connectivity index (χ1v) is 9.97. The second-order valence-electron chi connectivity index (χ2n) is 6.98. The zero-order valence-corrected chi connectivity index (χ0v) is 17.4. The Hall–Kier alpha value is -4.47. The molecular weight excluding hydrogens is 410 g/mol. The van der Waals surface area contributed by atoms with Crippen molar-refractivity contribution in [1.82, 2.24) is 29.2 Å². The van der Waals surface area contributed by atoms with Crippen LogP contribution in [0.1, 0.15) is 22.8 Å². The standard InChI is InChI=1S/C22H19N7O3/c1-3-31-22(30)17-7-9-29-20(17)21(24-13-26-29)27-15-4-5-18(14(2)10-15)32-16-6-8-28-19(11-16)23-12-25-28/h4-13H,3H2,1-2H3,(H,24,26,27). The number of carbonyl (C=O) groups excluding carboxylic acids is 1. The van der Waals surface area contributed by atoms with Crippen LogP contribution in [0.2, 0.25) is 0 Å². The number of nitrogens with zero attached hydrogens (tertiary/aromatic N) is 6. The van der Waals surface area contributed by atoms with Crippen LogP contribution < -0.4 is 10.1 Å². The molecule has 1 N–H and O–H groups in total. The van der Waals surface area contributed by atoms with Crippen LogP contribution in [0.4, 0.5) is 11.5 Å². The molecule has 0 aliphatic heterocycles. The van der Waals surface area contributed by atoms with E-state index in [0.29, 0.717) is 34.0 Å². The molecule has 0 saturated carbocycles. The molecule has 0 spiro atoms. The highest BCUT2D eigenvalue weighted by Gasteiger charge is 2.17. The van der Waals surface area contributed by atoms with Gasteiger partial charge < -0.3 is 14.8 Å². The van der Waals surface area contributed by atoms with Crippen molar-refractivity contribution in [1.29, 1.82) is 0 Å². The molecule has 0 saturated heterocycles. The Kier molecular flexibility index (Phi) is 4.86. The number of nitrogens with one attached hydrogen (secondary N) is 1. The maximum absolute atomic E-state index is 12.3. The zero-order chi connectivity index (χ0) is 22.1. The molecule has 0 amide bonds. The molecule has 5 rings (SSSR count). The molecule has 4 aromatic heterocycles. The minimum Gasteiger partial charge on any atom is -0.462 e. The number of hydrogen-bond donors (Lipinski definition) is 1. The molecule has 0 aliphatic rings. The van der Waals surface area contributed by atoms with E-state index in [1.165, 1.54) is 12.7 Å². The molecule has 10 heteroatoms. The van der Waals surface area contributed by atoms with Crippen LogP contribution in [-0.2, 0) is 4.74 Å². The molecule has 0 fully saturated rings. The van der Waals surface area contributed by atoms with Crippen molar-refractivity contribution in [3.63, 3.8) is 0 Å². The minimum atomic E-state index is -0.419. The van der Waals surface area contributed by atoms with Crippen molar-refractivity contribution in [3.8, 4) is 11.5 Å². The monoisotopic (exact) mass is 429 g/mol. The van der Waals surface area contributed by atoms with Gasteiger partial charge in [-0.25, -0.2) is 23.8 Å². The van der Waals surface area contributed by atoms with Crippen LogP contribution in [0, 0.1) is 6.92 Å². The van der Waals surface area contributed by atoms with E-state index in [0.717, 1.165) is 11.3 Å². The van der Waals surface area contributed by atoms with Gasteiger partial charge in [0.15, 0.2) is 11.5 Å². The normalized spacial score (nSPS) is 11.1. The Morgan fingerprint density at radius 2 is 1.84 bits per heavy atom. The molecule has 0 aliphatic carbocycles. The molecule has 1 aromatic carbocycles. The van der Waals surface area contributed by atoms with E-state index in [2.05, 4.69) is 25.5 Å². The third-order valence-corrected chi connectivity index (χ3v) is 4.87. The molecule has 32 heavy (non-hydrogen) atoms. The van der Waals surface area contributed by atoms with Crippen molar-refractivity contribution >= 4 is 28.6 Å². The number of ether oxygens (including phenoxy) is 2. The molecule has 0 bridgehead atoms. The molecule has 0 atom stereocenters. The summed E-state index contributed by atoms with van der Waals surface area (Å²) < 4.78 is 14.4. The maximum Gasteiger partial charge on any atom is 0.340 e. The second-order valence-corrected chi connectivity index (χ2v) is 6.98. The fourth-order valence-corrected chi connectivity index (χ4v) is 3.39. The summed E-state index contributed by atoms with van der Waals surface area (Å²) in [7, 11) is 0. The zero-order valence-electron chi connectivity index (χ0n) is 17.4. The van der Waals surface area contributed by atoms with Crippen LogP contribution in [0.3, 0.4) is 0 Å². The molecule has 0 unspecified atom stereocenters. The Labute approximate surface area is 182 Å². The molecule has 5 aromatic rings. The van der Waals surface area contributed by atoms with E-state index in [9.17, 15) is 4.79 Å². The average Bonchev–Trinajstić information content (AvgIpc) is 3.43. The van der Waals surface area contributed by atoms with E-state index < -0.39 is 5.97 Å². The Balaban J connectivity index is 1.41. The molecule has 0 radical (unpaired) electrons. The number of esters is 1. The second kappa shape index (κ2) is 7.99. The lowest BCUT2D eigenvalue weighted by Gasteiger charge is -2.12. The predicted molar refractivity (Wildman–Crippen MR) is 116 cm³/mol. The maximum atomic E-state index is 12.3. The highest BCUT2D eigenvalue weighted by molar-refractivity contribution is 6.00. The molecule has 4 heterocycles. The van der Waals surface area contributed by atoms with Gasteiger partial charge >= 0.3 is 5.97 Å². The number of aromatic nitrogens is 6. The topological polar surface area (TPSA) is 108 Å². The van der Waals surface area contributed by atoms with Gasteiger partial charge in [0.2, 0.25) is 0 Å². The first kappa shape index (κ1) is 19.5. The van der Waals surface area contributed by atoms with Gasteiger partial charge in [-0.1, -0.05) is 0 Å². The largest absolute Gasteiger partial charge is 0.462 e. The smallest absolute Gasteiger partial charge is 0.340 e. The number of rotatable bonds is 6. The fourth-order valence-electron chi connectivity index (χ4n) is 3.39. The van der Waals surface area contributed by atoms with Gasteiger partial charge in [0, 0.05) is 24.1 Å². The Morgan fingerprint density at radius 1 is 1.03 bits per heavy atom. The summed E-state index contributed by atoms with van der Waals surface area (Å²) in [6, 6.07) is 11.0. The summed E-state index contributed by atoms with van der Waals surface area (Å²) in [6.07, 6.45) is 6.41. The highest BCUT2D eigenvalue weighted by Crippen LogP contribution is 2.30. The van der Waals surface area contributed by atoms with E-state index in [1.54, 1.807) is 34.4 Å². The lowest BCUT2D eigenvalue weighted by atomic mass is 10.2. The molecule has 10 nitrogen and oxygen atoms in total. The van der Waals surface area contributed by atoms with E-state index in [4.69, 9.17) is 9.47 Å². The first-order chi connectivity index (χ1) is 15.6. The van der Waals surface area contributed by atoms with Gasteiger partial charge in [-0.3, -0.25) is 0 Å². The van der Waals surface area contributed by atoms with Crippen LogP contribution in [0.15, 0.2) is 61.4 Å². The number of benzene rings is 1. The third kappa shape index (κ3) is 3.58. The lowest BCUT2D eigenvalue weighted by molar-refractivity contribution is 0.0528.